The van der Waals surface area contributed by atoms with Gasteiger partial charge in [-0.1, -0.05) is 90.2 Å². The molecule has 0 aliphatic carbocycles. The Morgan fingerprint density at radius 2 is 1.19 bits per heavy atom. The maximum absolute atomic E-state index is 12.5. The molecule has 43 heavy (non-hydrogen) atoms. The van der Waals surface area contributed by atoms with Gasteiger partial charge in [0.05, 0.1) is 40.3 Å². The number of quaternary nitrogens is 1. The number of carbonyl (C=O) groups is 3. The van der Waals surface area contributed by atoms with E-state index in [4.69, 9.17) is 18.9 Å². The van der Waals surface area contributed by atoms with Crippen LogP contribution in [0.2, 0.25) is 0 Å². The molecule has 0 aliphatic heterocycles. The maximum Gasteiger partial charge on any atom is 0.306 e. The molecule has 0 amide bonds. The van der Waals surface area contributed by atoms with Gasteiger partial charge in [0.1, 0.15) is 13.2 Å². The zero-order valence-corrected chi connectivity index (χ0v) is 28.1. The molecule has 0 saturated carbocycles. The Hall–Kier alpha value is -1.97. The average molecular weight is 614 g/mol. The molecule has 9 nitrogen and oxygen atoms in total. The first-order valence-corrected chi connectivity index (χ1v) is 16.8. The average Bonchev–Trinajstić information content (AvgIpc) is 2.94. The normalized spacial score (nSPS) is 13.2. The third-order valence-corrected chi connectivity index (χ3v) is 7.01. The van der Waals surface area contributed by atoms with Gasteiger partial charge in [0.2, 0.25) is 0 Å². The Morgan fingerprint density at radius 1 is 0.674 bits per heavy atom. The van der Waals surface area contributed by atoms with Crippen molar-refractivity contribution in [2.24, 2.45) is 0 Å². The number of aliphatic carboxylic acids is 1. The zero-order chi connectivity index (χ0) is 32.2. The second kappa shape index (κ2) is 27.6. The SMILES string of the molecule is CCCCC/C=C\CCCCCCCC(=O)OC(COC(=O)CCCCCCCC)COC(OCC[N+](C)(C)C)C(=O)[O-]. The Bertz CT molecular complexity index is 734. The highest BCUT2D eigenvalue weighted by atomic mass is 16.7. The van der Waals surface area contributed by atoms with Gasteiger partial charge in [0.15, 0.2) is 12.4 Å². The van der Waals surface area contributed by atoms with E-state index in [2.05, 4.69) is 26.0 Å². The van der Waals surface area contributed by atoms with E-state index in [1.807, 2.05) is 21.1 Å². The Labute approximate surface area is 262 Å². The molecular weight excluding hydrogens is 550 g/mol. The number of hydrogen-bond acceptors (Lipinski definition) is 8. The highest BCUT2D eigenvalue weighted by Gasteiger charge is 2.21. The lowest BCUT2D eigenvalue weighted by Crippen LogP contribution is -2.44. The van der Waals surface area contributed by atoms with Crippen molar-refractivity contribution < 1.29 is 42.9 Å². The van der Waals surface area contributed by atoms with E-state index >= 15 is 0 Å². The largest absolute Gasteiger partial charge is 0.545 e. The lowest BCUT2D eigenvalue weighted by molar-refractivity contribution is -0.870. The van der Waals surface area contributed by atoms with E-state index in [0.717, 1.165) is 64.2 Å². The fourth-order valence-electron chi connectivity index (χ4n) is 4.29. The van der Waals surface area contributed by atoms with Crippen molar-refractivity contribution in [2.45, 2.75) is 142 Å². The predicted octanol–water partition coefficient (Wildman–Crippen LogP) is 5.87. The fraction of sp³-hybridized carbons (Fsp3) is 0.853. The molecule has 0 bridgehead atoms. The molecule has 252 valence electrons. The number of esters is 2. The van der Waals surface area contributed by atoms with Crippen LogP contribution in [-0.2, 0) is 33.3 Å². The number of carboxylic acid groups (broad SMARTS) is 1. The number of likely N-dealkylation sites (N-methyl/N-ethyl adjacent to an activating group) is 1. The molecule has 9 heteroatoms. The van der Waals surface area contributed by atoms with Crippen molar-refractivity contribution in [1.29, 1.82) is 0 Å². The van der Waals surface area contributed by atoms with Crippen LogP contribution in [0.5, 0.6) is 0 Å². The minimum Gasteiger partial charge on any atom is -0.545 e. The van der Waals surface area contributed by atoms with Gasteiger partial charge in [0, 0.05) is 12.8 Å². The van der Waals surface area contributed by atoms with Crippen LogP contribution in [-0.4, -0.2) is 82.3 Å². The lowest BCUT2D eigenvalue weighted by Gasteiger charge is -2.26. The van der Waals surface area contributed by atoms with Gasteiger partial charge < -0.3 is 33.3 Å². The molecule has 0 radical (unpaired) electrons. The summed E-state index contributed by atoms with van der Waals surface area (Å²) in [6.07, 6.45) is 19.9. The molecule has 0 aromatic rings. The van der Waals surface area contributed by atoms with Crippen LogP contribution in [0.25, 0.3) is 0 Å². The molecule has 2 atom stereocenters. The van der Waals surface area contributed by atoms with E-state index in [9.17, 15) is 19.5 Å². The predicted molar refractivity (Wildman–Crippen MR) is 168 cm³/mol. The van der Waals surface area contributed by atoms with Gasteiger partial charge in [0.25, 0.3) is 0 Å². The summed E-state index contributed by atoms with van der Waals surface area (Å²) in [5.74, 6) is -2.31. The number of carboxylic acids is 1. The van der Waals surface area contributed by atoms with E-state index in [1.54, 1.807) is 0 Å². The maximum atomic E-state index is 12.5. The fourth-order valence-corrected chi connectivity index (χ4v) is 4.29. The molecule has 0 aromatic heterocycles. The second-order valence-electron chi connectivity index (χ2n) is 12.5. The third-order valence-electron chi connectivity index (χ3n) is 7.01. The number of ether oxygens (including phenoxy) is 4. The number of hydrogen-bond donors (Lipinski definition) is 0. The van der Waals surface area contributed by atoms with Crippen LogP contribution in [0.1, 0.15) is 129 Å². The molecule has 0 heterocycles. The topological polar surface area (TPSA) is 111 Å². The summed E-state index contributed by atoms with van der Waals surface area (Å²) in [6, 6.07) is 0. The summed E-state index contributed by atoms with van der Waals surface area (Å²) < 4.78 is 22.2. The molecule has 0 spiro atoms. The zero-order valence-electron chi connectivity index (χ0n) is 28.1. The molecule has 2 unspecified atom stereocenters. The Kier molecular flexibility index (Phi) is 26.3. The van der Waals surface area contributed by atoms with E-state index in [-0.39, 0.29) is 38.6 Å². The summed E-state index contributed by atoms with van der Waals surface area (Å²) in [7, 11) is 5.88. The minimum atomic E-state index is -1.61. The standard InChI is InChI=1S/C34H63NO8/c1-6-8-10-12-14-15-16-17-18-19-21-23-25-32(37)43-30(28-41-31(36)24-22-20-13-11-9-7-2)29-42-34(33(38)39)40-27-26-35(3,4)5/h14-15,30,34H,6-13,16-29H2,1-5H3/b15-14-. The van der Waals surface area contributed by atoms with Crippen LogP contribution in [0.15, 0.2) is 12.2 Å². The number of rotatable bonds is 30. The number of nitrogens with zero attached hydrogens (tertiary/aromatic N) is 1. The lowest BCUT2D eigenvalue weighted by atomic mass is 10.1. The van der Waals surface area contributed by atoms with Crippen LogP contribution >= 0.6 is 0 Å². The molecule has 0 fully saturated rings. The van der Waals surface area contributed by atoms with Gasteiger partial charge in [-0.3, -0.25) is 9.59 Å². The van der Waals surface area contributed by atoms with E-state index in [0.29, 0.717) is 17.4 Å². The Balaban J connectivity index is 4.60. The first-order chi connectivity index (χ1) is 20.6. The van der Waals surface area contributed by atoms with Gasteiger partial charge in [-0.15, -0.1) is 0 Å². The van der Waals surface area contributed by atoms with Gasteiger partial charge in [-0.05, 0) is 38.5 Å². The van der Waals surface area contributed by atoms with Crippen LogP contribution in [0.3, 0.4) is 0 Å². The highest BCUT2D eigenvalue weighted by molar-refractivity contribution is 5.70. The molecule has 0 aromatic carbocycles. The van der Waals surface area contributed by atoms with Crippen LogP contribution in [0, 0.1) is 0 Å². The van der Waals surface area contributed by atoms with Crippen LogP contribution < -0.4 is 5.11 Å². The van der Waals surface area contributed by atoms with Crippen molar-refractivity contribution >= 4 is 17.9 Å². The summed E-state index contributed by atoms with van der Waals surface area (Å²) in [5, 5.41) is 11.5. The second-order valence-corrected chi connectivity index (χ2v) is 12.5. The van der Waals surface area contributed by atoms with E-state index in [1.165, 1.54) is 32.1 Å². The molecular formula is C34H63NO8. The van der Waals surface area contributed by atoms with Crippen molar-refractivity contribution in [2.75, 3.05) is 47.5 Å². The summed E-state index contributed by atoms with van der Waals surface area (Å²) in [5.41, 5.74) is 0. The van der Waals surface area contributed by atoms with Crippen molar-refractivity contribution in [3.8, 4) is 0 Å². The monoisotopic (exact) mass is 613 g/mol. The van der Waals surface area contributed by atoms with Gasteiger partial charge >= 0.3 is 11.9 Å². The molecule has 0 aliphatic rings. The van der Waals surface area contributed by atoms with Crippen molar-refractivity contribution in [3.63, 3.8) is 0 Å². The first-order valence-electron chi connectivity index (χ1n) is 16.8. The quantitative estimate of drug-likeness (QED) is 0.0325. The summed E-state index contributed by atoms with van der Waals surface area (Å²) in [4.78, 5) is 36.4. The molecule has 0 N–H and O–H groups in total. The summed E-state index contributed by atoms with van der Waals surface area (Å²) >= 11 is 0. The third kappa shape index (κ3) is 28.6. The van der Waals surface area contributed by atoms with Crippen LogP contribution in [0.4, 0.5) is 0 Å². The van der Waals surface area contributed by atoms with Crippen molar-refractivity contribution in [1.82, 2.24) is 0 Å². The number of unbranched alkanes of at least 4 members (excludes halogenated alkanes) is 13. The highest BCUT2D eigenvalue weighted by Crippen LogP contribution is 2.12. The smallest absolute Gasteiger partial charge is 0.306 e. The van der Waals surface area contributed by atoms with Gasteiger partial charge in [-0.2, -0.15) is 0 Å². The Morgan fingerprint density at radius 3 is 1.77 bits per heavy atom. The number of carbonyl (C=O) groups excluding carboxylic acids is 3. The summed E-state index contributed by atoms with van der Waals surface area (Å²) in [6.45, 7) is 4.60. The van der Waals surface area contributed by atoms with E-state index < -0.39 is 24.3 Å². The minimum absolute atomic E-state index is 0.148. The van der Waals surface area contributed by atoms with Crippen molar-refractivity contribution in [3.05, 3.63) is 12.2 Å². The molecule has 0 rings (SSSR count). The molecule has 0 saturated heterocycles. The van der Waals surface area contributed by atoms with Gasteiger partial charge in [-0.25, -0.2) is 0 Å². The first kappa shape index (κ1) is 41.0. The number of allylic oxidation sites excluding steroid dienone is 2.